The van der Waals surface area contributed by atoms with E-state index >= 15 is 0 Å². The van der Waals surface area contributed by atoms with Gasteiger partial charge in [-0.1, -0.05) is 18.9 Å². The second-order valence-electron chi connectivity index (χ2n) is 4.39. The number of rotatable bonds is 6. The minimum atomic E-state index is -1.16. The molecule has 0 aliphatic carbocycles. The van der Waals surface area contributed by atoms with E-state index in [1.165, 1.54) is 0 Å². The molecule has 0 spiro atoms. The molecule has 1 aromatic rings. The molecule has 0 radical (unpaired) electrons. The van der Waals surface area contributed by atoms with Gasteiger partial charge in [-0.2, -0.15) is 0 Å². The van der Waals surface area contributed by atoms with Gasteiger partial charge in [-0.3, -0.25) is 4.79 Å². The number of carbonyl (C=O) groups excluding carboxylic acids is 1. The van der Waals surface area contributed by atoms with E-state index in [1.807, 2.05) is 13.8 Å². The van der Waals surface area contributed by atoms with Gasteiger partial charge in [0.2, 0.25) is 0 Å². The first-order valence-corrected chi connectivity index (χ1v) is 5.54. The molecule has 0 saturated carbocycles. The molecular weight excluding hydrogens is 256 g/mol. The first-order valence-electron chi connectivity index (χ1n) is 5.54. The Labute approximate surface area is 108 Å². The largest absolute Gasteiger partial charge is 0.480 e. The van der Waals surface area contributed by atoms with Crippen LogP contribution < -0.4 is 5.32 Å². The van der Waals surface area contributed by atoms with Crippen molar-refractivity contribution in [2.24, 2.45) is 5.92 Å². The fourth-order valence-corrected chi connectivity index (χ4v) is 1.45. The highest BCUT2D eigenvalue weighted by molar-refractivity contribution is 5.95. The minimum absolute atomic E-state index is 0.0786. The number of amides is 1. The number of carboxylic acid groups (broad SMARTS) is 1. The molecule has 9 nitrogen and oxygen atoms in total. The molecule has 0 unspecified atom stereocenters. The topological polar surface area (TPSA) is 138 Å². The lowest BCUT2D eigenvalue weighted by Gasteiger charge is -2.15. The summed E-state index contributed by atoms with van der Waals surface area (Å²) in [5.74, 6) is -2.28. The molecule has 0 aromatic carbocycles. The number of nitro groups is 1. The van der Waals surface area contributed by atoms with Gasteiger partial charge in [0, 0.05) is 0 Å². The number of H-pyrrole nitrogens is 1. The Morgan fingerprint density at radius 2 is 2.21 bits per heavy atom. The normalized spacial score (nSPS) is 12.2. The summed E-state index contributed by atoms with van der Waals surface area (Å²) in [6.45, 7) is 3.64. The summed E-state index contributed by atoms with van der Waals surface area (Å²) < 4.78 is 0. The number of nitrogens with one attached hydrogen (secondary N) is 2. The Balaban J connectivity index is 2.75. The smallest absolute Gasteiger partial charge is 0.343 e. The lowest BCUT2D eigenvalue weighted by molar-refractivity contribution is -0.389. The van der Waals surface area contributed by atoms with E-state index in [2.05, 4.69) is 15.5 Å². The molecule has 0 aliphatic rings. The van der Waals surface area contributed by atoms with E-state index in [4.69, 9.17) is 5.11 Å². The highest BCUT2D eigenvalue weighted by atomic mass is 16.6. The first kappa shape index (κ1) is 14.6. The van der Waals surface area contributed by atoms with E-state index < -0.39 is 28.7 Å². The van der Waals surface area contributed by atoms with E-state index in [9.17, 15) is 19.7 Å². The lowest BCUT2D eigenvalue weighted by Crippen LogP contribution is -2.41. The number of aromatic amines is 1. The first-order chi connectivity index (χ1) is 8.81. The van der Waals surface area contributed by atoms with Gasteiger partial charge < -0.3 is 20.5 Å². The Hall–Kier alpha value is -2.45. The minimum Gasteiger partial charge on any atom is -0.480 e. The number of hydrogen-bond donors (Lipinski definition) is 3. The molecule has 1 atom stereocenters. The predicted molar refractivity (Wildman–Crippen MR) is 63.6 cm³/mol. The summed E-state index contributed by atoms with van der Waals surface area (Å²) >= 11 is 0. The summed E-state index contributed by atoms with van der Waals surface area (Å²) in [5.41, 5.74) is -0.221. The predicted octanol–water partition coefficient (Wildman–Crippen LogP) is 0.547. The van der Waals surface area contributed by atoms with E-state index in [-0.39, 0.29) is 18.0 Å². The second-order valence-corrected chi connectivity index (χ2v) is 4.39. The number of aromatic nitrogens is 2. The van der Waals surface area contributed by atoms with Crippen LogP contribution >= 0.6 is 0 Å². The molecule has 19 heavy (non-hydrogen) atoms. The summed E-state index contributed by atoms with van der Waals surface area (Å²) in [6.07, 6.45) is 0.258. The number of nitrogens with zero attached hydrogens (tertiary/aromatic N) is 2. The summed E-state index contributed by atoms with van der Waals surface area (Å²) in [4.78, 5) is 32.4. The maximum atomic E-state index is 11.7. The molecule has 0 aliphatic heterocycles. The molecule has 1 rings (SSSR count). The van der Waals surface area contributed by atoms with Crippen LogP contribution in [0.4, 0.5) is 5.82 Å². The highest BCUT2D eigenvalue weighted by Gasteiger charge is 2.24. The number of carbonyl (C=O) groups is 2. The van der Waals surface area contributed by atoms with Crippen molar-refractivity contribution in [2.45, 2.75) is 26.3 Å². The summed E-state index contributed by atoms with van der Waals surface area (Å²) in [7, 11) is 0. The summed E-state index contributed by atoms with van der Waals surface area (Å²) in [5, 5.41) is 27.2. The lowest BCUT2D eigenvalue weighted by atomic mass is 10.0. The average Bonchev–Trinajstić information content (AvgIpc) is 2.76. The van der Waals surface area contributed by atoms with Gasteiger partial charge in [0.15, 0.2) is 5.69 Å². The van der Waals surface area contributed by atoms with Crippen LogP contribution in [0.1, 0.15) is 30.8 Å². The van der Waals surface area contributed by atoms with Gasteiger partial charge in [0.05, 0.1) is 6.07 Å². The quantitative estimate of drug-likeness (QED) is 0.509. The van der Waals surface area contributed by atoms with Crippen LogP contribution in [0.2, 0.25) is 0 Å². The molecule has 0 bridgehead atoms. The van der Waals surface area contributed by atoms with Crippen LogP contribution in [0.5, 0.6) is 0 Å². The standard InChI is InChI=1S/C10H14N4O5/c1-5(2)3-7(10(16)17)11-9(15)6-4-8(13-12-6)14(18)19/h4-5,7H,3H2,1-2H3,(H,11,15)(H,12,13)(H,16,17)/t7-/m1/s1. The van der Waals surface area contributed by atoms with Crippen molar-refractivity contribution in [3.63, 3.8) is 0 Å². The Morgan fingerprint density at radius 1 is 1.58 bits per heavy atom. The van der Waals surface area contributed by atoms with Crippen molar-refractivity contribution in [1.29, 1.82) is 0 Å². The van der Waals surface area contributed by atoms with E-state index in [0.717, 1.165) is 6.07 Å². The van der Waals surface area contributed by atoms with Gasteiger partial charge in [0.25, 0.3) is 5.91 Å². The second kappa shape index (κ2) is 5.94. The van der Waals surface area contributed by atoms with Gasteiger partial charge in [-0.25, -0.2) is 4.79 Å². The zero-order valence-electron chi connectivity index (χ0n) is 10.4. The van der Waals surface area contributed by atoms with Crippen molar-refractivity contribution in [3.05, 3.63) is 21.9 Å². The van der Waals surface area contributed by atoms with Crippen LogP contribution in [0, 0.1) is 16.0 Å². The van der Waals surface area contributed by atoms with Crippen LogP contribution in [-0.4, -0.2) is 38.1 Å². The van der Waals surface area contributed by atoms with Gasteiger partial charge in [0.1, 0.15) is 6.04 Å². The Kier molecular flexibility index (Phi) is 4.56. The van der Waals surface area contributed by atoms with Crippen LogP contribution in [0.3, 0.4) is 0 Å². The number of aliphatic carboxylic acids is 1. The van der Waals surface area contributed by atoms with Crippen molar-refractivity contribution in [1.82, 2.24) is 15.5 Å². The molecule has 1 amide bonds. The Bertz CT molecular complexity index is 496. The average molecular weight is 270 g/mol. The van der Waals surface area contributed by atoms with Crippen molar-refractivity contribution < 1.29 is 19.6 Å². The summed E-state index contributed by atoms with van der Waals surface area (Å²) in [6, 6.07) is -0.105. The monoisotopic (exact) mass is 270 g/mol. The zero-order valence-corrected chi connectivity index (χ0v) is 10.4. The Morgan fingerprint density at radius 3 is 2.63 bits per heavy atom. The van der Waals surface area contributed by atoms with Crippen molar-refractivity contribution >= 4 is 17.7 Å². The molecule has 3 N–H and O–H groups in total. The molecule has 1 aromatic heterocycles. The third-order valence-corrected chi connectivity index (χ3v) is 2.30. The molecule has 9 heteroatoms. The maximum Gasteiger partial charge on any atom is 0.343 e. The van der Waals surface area contributed by atoms with E-state index in [0.29, 0.717) is 0 Å². The van der Waals surface area contributed by atoms with Crippen LogP contribution in [0.25, 0.3) is 0 Å². The fourth-order valence-electron chi connectivity index (χ4n) is 1.45. The molecule has 104 valence electrons. The number of hydrogen-bond acceptors (Lipinski definition) is 5. The van der Waals surface area contributed by atoms with Crippen LogP contribution in [-0.2, 0) is 4.79 Å². The van der Waals surface area contributed by atoms with Crippen molar-refractivity contribution in [2.75, 3.05) is 0 Å². The third-order valence-electron chi connectivity index (χ3n) is 2.30. The third kappa shape index (κ3) is 4.05. The molecular formula is C10H14N4O5. The zero-order chi connectivity index (χ0) is 14.6. The van der Waals surface area contributed by atoms with Crippen LogP contribution in [0.15, 0.2) is 6.07 Å². The SMILES string of the molecule is CC(C)C[C@@H](NC(=O)c1cc([N+](=O)[O-])[nH]n1)C(=O)O. The van der Waals surface area contributed by atoms with Gasteiger partial charge in [-0.15, -0.1) is 5.10 Å². The van der Waals surface area contributed by atoms with Gasteiger partial charge >= 0.3 is 11.8 Å². The fraction of sp³-hybridized carbons (Fsp3) is 0.500. The maximum absolute atomic E-state index is 11.7. The number of carboxylic acids is 1. The molecule has 0 saturated heterocycles. The van der Waals surface area contributed by atoms with Gasteiger partial charge in [-0.05, 0) is 17.3 Å². The highest BCUT2D eigenvalue weighted by Crippen LogP contribution is 2.09. The molecule has 1 heterocycles. The molecule has 0 fully saturated rings. The van der Waals surface area contributed by atoms with Crippen molar-refractivity contribution in [3.8, 4) is 0 Å². The van der Waals surface area contributed by atoms with E-state index in [1.54, 1.807) is 0 Å².